The normalized spacial score (nSPS) is 19.4. The van der Waals surface area contributed by atoms with Gasteiger partial charge in [-0.25, -0.2) is 4.79 Å². The second-order valence-electron chi connectivity index (χ2n) is 9.96. The highest BCUT2D eigenvalue weighted by Crippen LogP contribution is 2.49. The van der Waals surface area contributed by atoms with Crippen molar-refractivity contribution in [3.8, 4) is 0 Å². The van der Waals surface area contributed by atoms with Gasteiger partial charge in [-0.05, 0) is 65.8 Å². The number of ketones is 1. The molecule has 0 spiro atoms. The van der Waals surface area contributed by atoms with Crippen LogP contribution in [-0.4, -0.2) is 18.9 Å². The summed E-state index contributed by atoms with van der Waals surface area (Å²) in [6.45, 7) is 8.14. The van der Waals surface area contributed by atoms with Gasteiger partial charge >= 0.3 is 5.97 Å². The number of thioether (sulfide) groups is 1. The van der Waals surface area contributed by atoms with Crippen molar-refractivity contribution in [3.05, 3.63) is 86.5 Å². The van der Waals surface area contributed by atoms with Gasteiger partial charge in [-0.1, -0.05) is 37.6 Å². The Bertz CT molecular complexity index is 1260. The Morgan fingerprint density at radius 3 is 2.51 bits per heavy atom. The van der Waals surface area contributed by atoms with E-state index in [0.29, 0.717) is 29.2 Å². The molecule has 0 unspecified atom stereocenters. The van der Waals surface area contributed by atoms with E-state index >= 15 is 0 Å². The Labute approximate surface area is 215 Å². The van der Waals surface area contributed by atoms with Crippen LogP contribution in [0.1, 0.15) is 54.9 Å². The van der Waals surface area contributed by atoms with Crippen LogP contribution in [0.3, 0.4) is 0 Å². The fourth-order valence-electron chi connectivity index (χ4n) is 4.88. The zero-order chi connectivity index (χ0) is 25.5. The van der Waals surface area contributed by atoms with Crippen molar-refractivity contribution in [2.45, 2.75) is 57.1 Å². The van der Waals surface area contributed by atoms with Crippen molar-refractivity contribution in [2.24, 2.45) is 11.1 Å². The third-order valence-electron chi connectivity index (χ3n) is 6.60. The number of nitrogens with two attached hydrogens (primary N) is 1. The van der Waals surface area contributed by atoms with E-state index in [1.54, 1.807) is 11.8 Å². The molecule has 1 aliphatic carbocycles. The number of carbonyl (C=O) groups is 2. The summed E-state index contributed by atoms with van der Waals surface area (Å²) in [6, 6.07) is 11.9. The maximum atomic E-state index is 13.4. The molecule has 2 aliphatic rings. The average molecular weight is 512 g/mol. The Morgan fingerprint density at radius 1 is 1.17 bits per heavy atom. The lowest BCUT2D eigenvalue weighted by Crippen LogP contribution is -2.35. The maximum Gasteiger partial charge on any atom is 0.340 e. The number of ether oxygens (including phenoxy) is 2. The molecule has 5 nitrogen and oxygen atoms in total. The summed E-state index contributed by atoms with van der Waals surface area (Å²) in [5, 5.41) is 0.701. The van der Waals surface area contributed by atoms with Crippen LogP contribution >= 0.6 is 23.4 Å². The number of halogens is 1. The van der Waals surface area contributed by atoms with E-state index in [9.17, 15) is 9.59 Å². The van der Waals surface area contributed by atoms with E-state index in [-0.39, 0.29) is 22.7 Å². The highest BCUT2D eigenvalue weighted by atomic mass is 35.5. The third kappa shape index (κ3) is 5.14. The zero-order valence-corrected chi connectivity index (χ0v) is 22.2. The standard InChI is InChI=1S/C28H30ClNO4S/c1-15-10-16(2)20(11-17(15)14-35-19-8-6-18(29)7-9-19)23-24-21(31)12-28(3,4)13-22(24)34-26(30)25(23)27(32)33-5/h6-11,23H,12-14,30H2,1-5H3/t23-/m1/s1. The first-order chi connectivity index (χ1) is 16.5. The third-order valence-corrected chi connectivity index (χ3v) is 7.92. The van der Waals surface area contributed by atoms with E-state index in [2.05, 4.69) is 19.1 Å². The van der Waals surface area contributed by atoms with Crippen LogP contribution in [0.2, 0.25) is 5.02 Å². The molecule has 2 N–H and O–H groups in total. The topological polar surface area (TPSA) is 78.6 Å². The second-order valence-corrected chi connectivity index (χ2v) is 11.4. The molecule has 7 heteroatoms. The average Bonchev–Trinajstić information content (AvgIpc) is 2.77. The molecule has 2 aromatic rings. The number of rotatable bonds is 5. The predicted molar refractivity (Wildman–Crippen MR) is 139 cm³/mol. The minimum absolute atomic E-state index is 0.00293. The number of carbonyl (C=O) groups excluding carboxylic acids is 2. The summed E-state index contributed by atoms with van der Waals surface area (Å²) in [4.78, 5) is 27.4. The second kappa shape index (κ2) is 9.75. The van der Waals surface area contributed by atoms with E-state index < -0.39 is 11.9 Å². The number of Topliss-reactive ketones (excluding diaryl/α,β-unsaturated/α-hetero) is 1. The van der Waals surface area contributed by atoms with Crippen LogP contribution < -0.4 is 5.73 Å². The number of esters is 1. The molecule has 0 saturated carbocycles. The maximum absolute atomic E-state index is 13.4. The fourth-order valence-corrected chi connectivity index (χ4v) is 5.97. The summed E-state index contributed by atoms with van der Waals surface area (Å²) >= 11 is 7.73. The van der Waals surface area contributed by atoms with Crippen molar-refractivity contribution < 1.29 is 19.1 Å². The number of benzene rings is 2. The first kappa shape index (κ1) is 25.4. The van der Waals surface area contributed by atoms with Gasteiger partial charge in [-0.3, -0.25) is 4.79 Å². The van der Waals surface area contributed by atoms with Gasteiger partial charge in [-0.15, -0.1) is 11.8 Å². The lowest BCUT2D eigenvalue weighted by atomic mass is 9.69. The first-order valence-corrected chi connectivity index (χ1v) is 12.9. The van der Waals surface area contributed by atoms with Gasteiger partial charge < -0.3 is 15.2 Å². The van der Waals surface area contributed by atoms with Crippen molar-refractivity contribution >= 4 is 35.1 Å². The van der Waals surface area contributed by atoms with Crippen LogP contribution in [0.5, 0.6) is 0 Å². The van der Waals surface area contributed by atoms with Crippen LogP contribution in [0, 0.1) is 19.3 Å². The lowest BCUT2D eigenvalue weighted by molar-refractivity contribution is -0.136. The van der Waals surface area contributed by atoms with Gasteiger partial charge in [0.2, 0.25) is 5.88 Å². The van der Waals surface area contributed by atoms with Crippen LogP contribution in [0.25, 0.3) is 0 Å². The Balaban J connectivity index is 1.81. The van der Waals surface area contributed by atoms with Crippen molar-refractivity contribution in [1.29, 1.82) is 0 Å². The van der Waals surface area contributed by atoms with Crippen molar-refractivity contribution in [1.82, 2.24) is 0 Å². The minimum atomic E-state index is -0.630. The molecule has 4 rings (SSSR count). The molecule has 0 bridgehead atoms. The summed E-state index contributed by atoms with van der Waals surface area (Å²) in [6.07, 6.45) is 0.953. The van der Waals surface area contributed by atoms with E-state index in [0.717, 1.165) is 32.9 Å². The van der Waals surface area contributed by atoms with Crippen LogP contribution in [0.15, 0.2) is 64.1 Å². The minimum Gasteiger partial charge on any atom is -0.465 e. The van der Waals surface area contributed by atoms with Gasteiger partial charge in [-0.2, -0.15) is 0 Å². The quantitative estimate of drug-likeness (QED) is 0.372. The molecule has 2 aromatic carbocycles. The van der Waals surface area contributed by atoms with Crippen molar-refractivity contribution in [2.75, 3.05) is 7.11 Å². The molecule has 35 heavy (non-hydrogen) atoms. The molecule has 1 atom stereocenters. The molecular formula is C28H30ClNO4S. The van der Waals surface area contributed by atoms with Gasteiger partial charge in [0.1, 0.15) is 11.3 Å². The highest BCUT2D eigenvalue weighted by Gasteiger charge is 2.45. The zero-order valence-electron chi connectivity index (χ0n) is 20.7. The number of aryl methyl sites for hydroxylation is 2. The molecule has 1 heterocycles. The van der Waals surface area contributed by atoms with Crippen LogP contribution in [-0.2, 0) is 24.8 Å². The van der Waals surface area contributed by atoms with Crippen molar-refractivity contribution in [3.63, 3.8) is 0 Å². The van der Waals surface area contributed by atoms with E-state index in [1.165, 1.54) is 7.11 Å². The molecule has 0 aromatic heterocycles. The van der Waals surface area contributed by atoms with Crippen LogP contribution in [0.4, 0.5) is 0 Å². The fraction of sp³-hybridized carbons (Fsp3) is 0.357. The molecule has 0 saturated heterocycles. The summed E-state index contributed by atoms with van der Waals surface area (Å²) in [7, 11) is 1.31. The smallest absolute Gasteiger partial charge is 0.340 e. The lowest BCUT2D eigenvalue weighted by Gasteiger charge is -2.38. The predicted octanol–water partition coefficient (Wildman–Crippen LogP) is 6.35. The number of hydrogen-bond donors (Lipinski definition) is 1. The monoisotopic (exact) mass is 511 g/mol. The first-order valence-electron chi connectivity index (χ1n) is 11.5. The number of hydrogen-bond acceptors (Lipinski definition) is 6. The Hall–Kier alpha value is -2.70. The largest absolute Gasteiger partial charge is 0.465 e. The molecule has 184 valence electrons. The number of allylic oxidation sites excluding steroid dienone is 2. The van der Waals surface area contributed by atoms with E-state index in [1.807, 2.05) is 45.0 Å². The summed E-state index contributed by atoms with van der Waals surface area (Å²) in [5.74, 6) is 0.0427. The molecule has 0 fully saturated rings. The van der Waals surface area contributed by atoms with E-state index in [4.69, 9.17) is 26.8 Å². The Kier molecular flexibility index (Phi) is 7.07. The van der Waals surface area contributed by atoms with Gasteiger partial charge in [0.25, 0.3) is 0 Å². The van der Waals surface area contributed by atoms with Gasteiger partial charge in [0.05, 0.1) is 13.0 Å². The molecule has 1 aliphatic heterocycles. The number of methoxy groups -OCH3 is 1. The van der Waals surface area contributed by atoms with Gasteiger partial charge in [0.15, 0.2) is 5.78 Å². The Morgan fingerprint density at radius 2 is 1.86 bits per heavy atom. The molecule has 0 amide bonds. The molecular weight excluding hydrogens is 482 g/mol. The highest BCUT2D eigenvalue weighted by molar-refractivity contribution is 7.98. The summed E-state index contributed by atoms with van der Waals surface area (Å²) in [5.41, 5.74) is 10.8. The SMILES string of the molecule is COC(=O)C1=C(N)OC2=C(C(=O)CC(C)(C)C2)[C@H]1c1cc(CSc2ccc(Cl)cc2)c(C)cc1C. The summed E-state index contributed by atoms with van der Waals surface area (Å²) < 4.78 is 11.0. The molecule has 0 radical (unpaired) electrons. The van der Waals surface area contributed by atoms with Gasteiger partial charge in [0, 0.05) is 34.1 Å².